The third kappa shape index (κ3) is 5.41. The number of aryl methyl sites for hydroxylation is 1. The van der Waals surface area contributed by atoms with E-state index in [1.807, 2.05) is 0 Å². The Labute approximate surface area is 181 Å². The highest BCUT2D eigenvalue weighted by atomic mass is 32.2. The molecule has 1 aliphatic heterocycles. The van der Waals surface area contributed by atoms with Crippen LogP contribution in [0.2, 0.25) is 0 Å². The van der Waals surface area contributed by atoms with Crippen LogP contribution in [0, 0.1) is 18.7 Å². The van der Waals surface area contributed by atoms with E-state index in [-0.39, 0.29) is 28.3 Å². The fraction of sp³-hybridized carbons (Fsp3) is 0.364. The number of nitrogens with zero attached hydrogens (tertiary/aromatic N) is 1. The van der Waals surface area contributed by atoms with Gasteiger partial charge in [-0.05, 0) is 49.6 Å². The lowest BCUT2D eigenvalue weighted by atomic mass is 9.96. The molecule has 3 rings (SSSR count). The molecular formula is C22H26FN3O4S. The lowest BCUT2D eigenvalue weighted by molar-refractivity contribution is -0.134. The normalized spacial score (nSPS) is 16.6. The van der Waals surface area contributed by atoms with Crippen LogP contribution < -0.4 is 10.0 Å². The molecule has 0 radical (unpaired) electrons. The topological polar surface area (TPSA) is 95.6 Å². The van der Waals surface area contributed by atoms with Crippen molar-refractivity contribution in [1.82, 2.24) is 4.90 Å². The third-order valence-electron chi connectivity index (χ3n) is 5.31. The van der Waals surface area contributed by atoms with E-state index in [0.29, 0.717) is 37.2 Å². The smallest absolute Gasteiger partial charge is 0.262 e. The van der Waals surface area contributed by atoms with Crippen LogP contribution in [0.4, 0.5) is 15.8 Å². The molecule has 1 saturated heterocycles. The van der Waals surface area contributed by atoms with E-state index >= 15 is 0 Å². The zero-order chi connectivity index (χ0) is 22.6. The van der Waals surface area contributed by atoms with E-state index in [1.165, 1.54) is 24.3 Å². The van der Waals surface area contributed by atoms with Crippen molar-refractivity contribution in [3.63, 3.8) is 0 Å². The van der Waals surface area contributed by atoms with Gasteiger partial charge in [0.2, 0.25) is 11.8 Å². The van der Waals surface area contributed by atoms with Gasteiger partial charge in [0, 0.05) is 25.2 Å². The van der Waals surface area contributed by atoms with Crippen molar-refractivity contribution in [2.24, 2.45) is 5.92 Å². The fourth-order valence-electron chi connectivity index (χ4n) is 3.60. The van der Waals surface area contributed by atoms with Crippen molar-refractivity contribution < 1.29 is 22.4 Å². The highest BCUT2D eigenvalue weighted by Gasteiger charge is 2.28. The number of rotatable bonds is 6. The molecule has 0 bridgehead atoms. The zero-order valence-corrected chi connectivity index (χ0v) is 18.3. The van der Waals surface area contributed by atoms with Crippen LogP contribution in [-0.2, 0) is 19.6 Å². The maximum absolute atomic E-state index is 13.9. The Morgan fingerprint density at radius 2 is 1.94 bits per heavy atom. The van der Waals surface area contributed by atoms with Gasteiger partial charge in [-0.1, -0.05) is 25.1 Å². The van der Waals surface area contributed by atoms with Gasteiger partial charge in [0.1, 0.15) is 5.82 Å². The summed E-state index contributed by atoms with van der Waals surface area (Å²) in [5.74, 6) is -1.29. The number of hydrogen-bond donors (Lipinski definition) is 2. The van der Waals surface area contributed by atoms with Crippen molar-refractivity contribution in [3.05, 3.63) is 53.8 Å². The minimum absolute atomic E-state index is 0.0143. The van der Waals surface area contributed by atoms with E-state index in [9.17, 15) is 22.4 Å². The van der Waals surface area contributed by atoms with Gasteiger partial charge in [-0.2, -0.15) is 0 Å². The number of para-hydroxylation sites is 1. The van der Waals surface area contributed by atoms with Crippen molar-refractivity contribution in [2.45, 2.75) is 38.0 Å². The van der Waals surface area contributed by atoms with Gasteiger partial charge in [-0.3, -0.25) is 14.3 Å². The van der Waals surface area contributed by atoms with Crippen LogP contribution in [0.25, 0.3) is 0 Å². The first kappa shape index (κ1) is 22.7. The summed E-state index contributed by atoms with van der Waals surface area (Å²) >= 11 is 0. The molecule has 2 amide bonds. The lowest BCUT2D eigenvalue weighted by Crippen LogP contribution is -2.43. The number of halogens is 1. The van der Waals surface area contributed by atoms with Gasteiger partial charge in [0.15, 0.2) is 0 Å². The van der Waals surface area contributed by atoms with Crippen LogP contribution >= 0.6 is 0 Å². The van der Waals surface area contributed by atoms with Crippen LogP contribution in [0.3, 0.4) is 0 Å². The second kappa shape index (κ2) is 9.47. The Morgan fingerprint density at radius 1 is 1.19 bits per heavy atom. The van der Waals surface area contributed by atoms with E-state index in [4.69, 9.17) is 0 Å². The van der Waals surface area contributed by atoms with Gasteiger partial charge in [-0.15, -0.1) is 0 Å². The summed E-state index contributed by atoms with van der Waals surface area (Å²) in [6.45, 7) is 4.40. The monoisotopic (exact) mass is 447 g/mol. The van der Waals surface area contributed by atoms with Crippen molar-refractivity contribution >= 4 is 33.2 Å². The minimum atomic E-state index is -4.07. The van der Waals surface area contributed by atoms with Gasteiger partial charge in [0.25, 0.3) is 10.0 Å². The van der Waals surface area contributed by atoms with Crippen LogP contribution in [0.1, 0.15) is 31.7 Å². The predicted octanol–water partition coefficient (Wildman–Crippen LogP) is 3.52. The number of nitrogens with one attached hydrogen (secondary N) is 2. The molecule has 0 saturated carbocycles. The number of sulfonamides is 1. The Morgan fingerprint density at radius 3 is 2.65 bits per heavy atom. The molecule has 31 heavy (non-hydrogen) atoms. The van der Waals surface area contributed by atoms with E-state index in [2.05, 4.69) is 10.0 Å². The van der Waals surface area contributed by atoms with Gasteiger partial charge in [-0.25, -0.2) is 12.8 Å². The maximum Gasteiger partial charge on any atom is 0.262 e. The number of carbonyl (C=O) groups excluding carboxylic acids is 2. The third-order valence-corrected chi connectivity index (χ3v) is 6.82. The minimum Gasteiger partial charge on any atom is -0.342 e. The second-order valence-electron chi connectivity index (χ2n) is 7.59. The number of hydrogen-bond acceptors (Lipinski definition) is 4. The van der Waals surface area contributed by atoms with E-state index in [1.54, 1.807) is 30.9 Å². The molecule has 2 aromatic rings. The SMILES string of the molecule is CCC(=O)N1CCCC(C(=O)Nc2ccc(C)c(S(=O)(=O)Nc3ccccc3F)c2)C1. The Bertz CT molecular complexity index is 1090. The van der Waals surface area contributed by atoms with Crippen LogP contribution in [0.15, 0.2) is 47.4 Å². The fourth-order valence-corrected chi connectivity index (χ4v) is 4.94. The second-order valence-corrected chi connectivity index (χ2v) is 9.24. The summed E-state index contributed by atoms with van der Waals surface area (Å²) in [5, 5.41) is 2.76. The molecule has 1 aliphatic rings. The molecular weight excluding hydrogens is 421 g/mol. The summed E-state index contributed by atoms with van der Waals surface area (Å²) in [4.78, 5) is 26.3. The lowest BCUT2D eigenvalue weighted by Gasteiger charge is -2.32. The molecule has 0 spiro atoms. The number of piperidine rings is 1. The number of benzene rings is 2. The summed E-state index contributed by atoms with van der Waals surface area (Å²) in [6, 6.07) is 10.1. The molecule has 7 nitrogen and oxygen atoms in total. The molecule has 2 N–H and O–H groups in total. The van der Waals surface area contributed by atoms with Gasteiger partial charge < -0.3 is 10.2 Å². The van der Waals surface area contributed by atoms with Crippen molar-refractivity contribution in [3.8, 4) is 0 Å². The predicted molar refractivity (Wildman–Crippen MR) is 117 cm³/mol. The Hall–Kier alpha value is -2.94. The molecule has 0 aliphatic carbocycles. The first-order valence-corrected chi connectivity index (χ1v) is 11.7. The van der Waals surface area contributed by atoms with Crippen molar-refractivity contribution in [1.29, 1.82) is 0 Å². The first-order valence-electron chi connectivity index (χ1n) is 10.2. The molecule has 9 heteroatoms. The standard InChI is InChI=1S/C22H26FN3O4S/c1-3-21(27)26-12-6-7-16(14-26)22(28)24-17-11-10-15(2)20(13-17)31(29,30)25-19-9-5-4-8-18(19)23/h4-5,8-11,13,16,25H,3,6-7,12,14H2,1-2H3,(H,24,28). The summed E-state index contributed by atoms with van der Waals surface area (Å²) in [7, 11) is -4.07. The van der Waals surface area contributed by atoms with Crippen LogP contribution in [-0.4, -0.2) is 38.2 Å². The molecule has 1 heterocycles. The van der Waals surface area contributed by atoms with Crippen LogP contribution in [0.5, 0.6) is 0 Å². The average molecular weight is 448 g/mol. The Balaban J connectivity index is 1.77. The van der Waals surface area contributed by atoms with Gasteiger partial charge in [0.05, 0.1) is 16.5 Å². The summed E-state index contributed by atoms with van der Waals surface area (Å²) in [5.41, 5.74) is 0.627. The number of anilines is 2. The van der Waals surface area contributed by atoms with Gasteiger partial charge >= 0.3 is 0 Å². The number of likely N-dealkylation sites (tertiary alicyclic amines) is 1. The molecule has 2 aromatic carbocycles. The summed E-state index contributed by atoms with van der Waals surface area (Å²) < 4.78 is 41.8. The summed E-state index contributed by atoms with van der Waals surface area (Å²) in [6.07, 6.45) is 1.79. The largest absolute Gasteiger partial charge is 0.342 e. The number of amides is 2. The molecule has 166 valence electrons. The molecule has 1 unspecified atom stereocenters. The van der Waals surface area contributed by atoms with Crippen molar-refractivity contribution in [2.75, 3.05) is 23.1 Å². The molecule has 0 aromatic heterocycles. The number of carbonyl (C=O) groups is 2. The highest BCUT2D eigenvalue weighted by Crippen LogP contribution is 2.25. The quantitative estimate of drug-likeness (QED) is 0.708. The molecule has 1 atom stereocenters. The average Bonchev–Trinajstić information content (AvgIpc) is 2.76. The molecule has 1 fully saturated rings. The Kier molecular flexibility index (Phi) is 6.94. The highest BCUT2D eigenvalue weighted by molar-refractivity contribution is 7.92. The zero-order valence-electron chi connectivity index (χ0n) is 17.5. The first-order chi connectivity index (χ1) is 14.7. The van der Waals surface area contributed by atoms with E-state index in [0.717, 1.165) is 12.5 Å². The maximum atomic E-state index is 13.9. The van der Waals surface area contributed by atoms with E-state index < -0.39 is 15.8 Å².